The van der Waals surface area contributed by atoms with Gasteiger partial charge in [-0.2, -0.15) is 0 Å². The molecule has 2 unspecified atom stereocenters. The quantitative estimate of drug-likeness (QED) is 0.0466. The molecule has 0 bridgehead atoms. The maximum Gasteiger partial charge on any atom is 0.326 e. The number of benzene rings is 2. The van der Waals surface area contributed by atoms with E-state index in [-0.39, 0.29) is 92.5 Å². The number of amides is 7. The lowest BCUT2D eigenvalue weighted by atomic mass is 10.0. The number of aromatic nitrogens is 2. The number of ether oxygens (including phenoxy) is 3. The monoisotopic (exact) mass is 902 g/mol. The number of aromatic amines is 1. The number of fused-ring (bicyclic) bond motifs is 2. The molecule has 2 aromatic heterocycles. The molecule has 0 spiro atoms. The van der Waals surface area contributed by atoms with Gasteiger partial charge >= 0.3 is 5.97 Å². The molecule has 4 aromatic rings. The van der Waals surface area contributed by atoms with Crippen molar-refractivity contribution in [2.45, 2.75) is 51.2 Å². The van der Waals surface area contributed by atoms with E-state index in [1.54, 1.807) is 31.2 Å². The van der Waals surface area contributed by atoms with Gasteiger partial charge in [0.05, 0.1) is 58.3 Å². The van der Waals surface area contributed by atoms with E-state index in [1.807, 2.05) is 18.0 Å². The van der Waals surface area contributed by atoms with Crippen molar-refractivity contribution in [1.29, 1.82) is 0 Å². The van der Waals surface area contributed by atoms with Crippen LogP contribution in [0.2, 0.25) is 0 Å². The van der Waals surface area contributed by atoms with Crippen LogP contribution in [0.25, 0.3) is 10.9 Å². The van der Waals surface area contributed by atoms with Crippen molar-refractivity contribution in [3.8, 4) is 5.75 Å². The first kappa shape index (κ1) is 46.5. The molecule has 1 fully saturated rings. The van der Waals surface area contributed by atoms with Gasteiger partial charge in [0.2, 0.25) is 17.7 Å². The third-order valence-corrected chi connectivity index (χ3v) is 11.3. The summed E-state index contributed by atoms with van der Waals surface area (Å²) in [6.45, 7) is 2.62. The Hall–Kier alpha value is -7.04. The first-order valence-corrected chi connectivity index (χ1v) is 21.0. The highest BCUT2D eigenvalue weighted by Gasteiger charge is 2.46. The predicted octanol–water partition coefficient (Wildman–Crippen LogP) is 0.638. The first-order chi connectivity index (χ1) is 30.7. The zero-order chi connectivity index (χ0) is 45.9. The number of imide groups is 2. The third kappa shape index (κ3) is 11.7. The average molecular weight is 903 g/mol. The Bertz CT molecular complexity index is 2520. The molecule has 6 rings (SSSR count). The van der Waals surface area contributed by atoms with Gasteiger partial charge < -0.3 is 45.2 Å². The molecule has 2 aliphatic heterocycles. The minimum atomic E-state index is -1.30. The van der Waals surface area contributed by atoms with Crippen LogP contribution in [0.1, 0.15) is 67.5 Å². The van der Waals surface area contributed by atoms with E-state index >= 15 is 0 Å². The van der Waals surface area contributed by atoms with Crippen molar-refractivity contribution in [2.24, 2.45) is 0 Å². The molecule has 338 valence electrons. The molecule has 2 aromatic carbocycles. The van der Waals surface area contributed by atoms with Gasteiger partial charge in [-0.25, -0.2) is 9.78 Å². The van der Waals surface area contributed by atoms with Crippen LogP contribution in [0.4, 0.5) is 5.00 Å². The molecule has 0 saturated carbocycles. The largest absolute Gasteiger partial charge is 0.483 e. The second-order valence-corrected chi connectivity index (χ2v) is 15.8. The van der Waals surface area contributed by atoms with Crippen molar-refractivity contribution < 1.29 is 57.7 Å². The lowest BCUT2D eigenvalue weighted by Gasteiger charge is -2.27. The zero-order valence-corrected chi connectivity index (χ0v) is 35.7. The highest BCUT2D eigenvalue weighted by Crippen LogP contribution is 2.33. The maximum atomic E-state index is 13.2. The smallest absolute Gasteiger partial charge is 0.326 e. The van der Waals surface area contributed by atoms with Crippen molar-refractivity contribution >= 4 is 74.6 Å². The number of hydrogen-bond donors (Lipinski definition) is 6. The standard InChI is InChI=1S/C42H46N8O13S/c1-23-45-27-7-6-24(20-26(27)37(54)46-23)21-49(2)35-13-10-31(64-35)39(56)47-28(42(59)60)8-11-32(51)43-14-16-61-18-19-62-17-15-44-34(53)22-63-30-5-3-4-25-36(30)41(58)50(40(25)57)29-9-12-33(52)48-38(29)55/h3-7,10,13,20,28-29H,8-9,11-12,14-19,21-22H2,1-2H3,(H,43,51)(H,44,53)(H,47,56)(H,59,60)(H,45,46,54)(H,48,52,55). The molecule has 1 saturated heterocycles. The Morgan fingerprint density at radius 1 is 0.953 bits per heavy atom. The molecule has 0 aliphatic carbocycles. The highest BCUT2D eigenvalue weighted by atomic mass is 32.1. The number of anilines is 1. The second-order valence-electron chi connectivity index (χ2n) is 14.7. The number of carbonyl (C=O) groups excluding carboxylic acids is 7. The van der Waals surface area contributed by atoms with Crippen LogP contribution < -0.4 is 36.5 Å². The Morgan fingerprint density at radius 2 is 1.69 bits per heavy atom. The lowest BCUT2D eigenvalue weighted by Crippen LogP contribution is -2.54. The number of piperidine rings is 1. The number of aryl methyl sites for hydroxylation is 1. The topological polar surface area (TPSA) is 285 Å². The maximum absolute atomic E-state index is 13.2. The molecule has 22 heteroatoms. The Morgan fingerprint density at radius 3 is 2.41 bits per heavy atom. The summed E-state index contributed by atoms with van der Waals surface area (Å²) in [7, 11) is 1.83. The van der Waals surface area contributed by atoms with E-state index in [1.165, 1.54) is 29.5 Å². The molecular weight excluding hydrogens is 857 g/mol. The molecular formula is C42H46N8O13S. The Labute approximate surface area is 368 Å². The number of nitrogens with zero attached hydrogens (tertiary/aromatic N) is 3. The van der Waals surface area contributed by atoms with Crippen LogP contribution in [0.15, 0.2) is 53.3 Å². The number of carboxylic acids is 1. The predicted molar refractivity (Wildman–Crippen MR) is 228 cm³/mol. The van der Waals surface area contributed by atoms with E-state index in [2.05, 4.69) is 31.2 Å². The van der Waals surface area contributed by atoms with Crippen LogP contribution in [0.5, 0.6) is 5.75 Å². The van der Waals surface area contributed by atoms with Gasteiger partial charge in [0.1, 0.15) is 23.7 Å². The van der Waals surface area contributed by atoms with E-state index in [0.717, 1.165) is 15.5 Å². The van der Waals surface area contributed by atoms with Gasteiger partial charge in [0, 0.05) is 39.5 Å². The van der Waals surface area contributed by atoms with Gasteiger partial charge in [0.15, 0.2) is 6.61 Å². The number of aliphatic carboxylic acids is 1. The molecule has 2 aliphatic rings. The first-order valence-electron chi connectivity index (χ1n) is 20.2. The number of nitrogens with one attached hydrogen (secondary N) is 5. The van der Waals surface area contributed by atoms with Gasteiger partial charge in [-0.3, -0.25) is 48.6 Å². The summed E-state index contributed by atoms with van der Waals surface area (Å²) >= 11 is 1.17. The summed E-state index contributed by atoms with van der Waals surface area (Å²) in [5.74, 6) is -4.96. The minimum absolute atomic E-state index is 0.00265. The summed E-state index contributed by atoms with van der Waals surface area (Å²) in [5.41, 5.74) is 1.18. The fraction of sp³-hybridized carbons (Fsp3) is 0.381. The number of thiophene rings is 1. The number of hydrogen-bond acceptors (Lipinski definition) is 15. The van der Waals surface area contributed by atoms with E-state index in [9.17, 15) is 48.3 Å². The molecule has 2 atom stereocenters. The number of carboxylic acid groups (broad SMARTS) is 1. The van der Waals surface area contributed by atoms with Crippen LogP contribution in [-0.4, -0.2) is 133 Å². The lowest BCUT2D eigenvalue weighted by molar-refractivity contribution is -0.140. The van der Waals surface area contributed by atoms with Crippen LogP contribution >= 0.6 is 11.3 Å². The Balaban J connectivity index is 0.810. The number of carbonyl (C=O) groups is 8. The fourth-order valence-electron chi connectivity index (χ4n) is 6.90. The molecule has 21 nitrogen and oxygen atoms in total. The summed E-state index contributed by atoms with van der Waals surface area (Å²) < 4.78 is 16.4. The van der Waals surface area contributed by atoms with E-state index < -0.39 is 66.0 Å². The molecule has 64 heavy (non-hydrogen) atoms. The summed E-state index contributed by atoms with van der Waals surface area (Å²) in [5, 5.41) is 20.8. The molecule has 7 amide bonds. The molecule has 4 heterocycles. The highest BCUT2D eigenvalue weighted by molar-refractivity contribution is 7.18. The average Bonchev–Trinajstić information content (AvgIpc) is 3.85. The van der Waals surface area contributed by atoms with E-state index in [4.69, 9.17) is 14.2 Å². The fourth-order valence-corrected chi connectivity index (χ4v) is 7.77. The van der Waals surface area contributed by atoms with Gasteiger partial charge in [-0.15, -0.1) is 11.3 Å². The van der Waals surface area contributed by atoms with Crippen molar-refractivity contribution in [1.82, 2.24) is 36.1 Å². The summed E-state index contributed by atoms with van der Waals surface area (Å²) in [6.07, 6.45) is -0.314. The van der Waals surface area contributed by atoms with Crippen molar-refractivity contribution in [3.63, 3.8) is 0 Å². The zero-order valence-electron chi connectivity index (χ0n) is 34.9. The number of rotatable bonds is 22. The van der Waals surface area contributed by atoms with Gasteiger partial charge in [-0.1, -0.05) is 12.1 Å². The van der Waals surface area contributed by atoms with Crippen molar-refractivity contribution in [2.75, 3.05) is 58.1 Å². The van der Waals surface area contributed by atoms with E-state index in [0.29, 0.717) is 23.3 Å². The van der Waals surface area contributed by atoms with Crippen LogP contribution in [0, 0.1) is 6.92 Å². The molecule has 6 N–H and O–H groups in total. The number of H-pyrrole nitrogens is 1. The van der Waals surface area contributed by atoms with Gasteiger partial charge in [-0.05, 0) is 61.7 Å². The van der Waals surface area contributed by atoms with Gasteiger partial charge in [0.25, 0.3) is 29.2 Å². The van der Waals surface area contributed by atoms with Crippen molar-refractivity contribution in [3.05, 3.63) is 86.3 Å². The summed E-state index contributed by atoms with van der Waals surface area (Å²) in [6, 6.07) is 10.7. The Kier molecular flexibility index (Phi) is 15.5. The molecule has 0 radical (unpaired) electrons. The normalized spacial score (nSPS) is 15.1. The summed E-state index contributed by atoms with van der Waals surface area (Å²) in [4.78, 5) is 122. The van der Waals surface area contributed by atoms with Crippen LogP contribution in [0.3, 0.4) is 0 Å². The minimum Gasteiger partial charge on any atom is -0.483 e. The van der Waals surface area contributed by atoms with Crippen LogP contribution in [-0.2, 0) is 40.0 Å². The second kappa shape index (κ2) is 21.4. The third-order valence-electron chi connectivity index (χ3n) is 10.1. The SMILES string of the molecule is Cc1nc2ccc(CN(C)c3ccc(C(=O)NC(CCC(=O)NCCOCCOCCNC(=O)COc4cccc5c4C(=O)N(C4CCC(=O)NC4=O)C5=O)C(=O)O)s3)cc2c(=O)[nH]1.